The lowest BCUT2D eigenvalue weighted by Crippen LogP contribution is -2.45. The molecule has 0 bridgehead atoms. The molecule has 1 aromatic carbocycles. The van der Waals surface area contributed by atoms with E-state index in [1.54, 1.807) is 0 Å². The van der Waals surface area contributed by atoms with Crippen LogP contribution in [0.4, 0.5) is 0 Å². The van der Waals surface area contributed by atoms with Gasteiger partial charge >= 0.3 is 0 Å². The van der Waals surface area contributed by atoms with Gasteiger partial charge in [-0.2, -0.15) is 0 Å². The zero-order chi connectivity index (χ0) is 15.9. The fraction of sp³-hybridized carbons (Fsp3) is 0.526. The van der Waals surface area contributed by atoms with Gasteiger partial charge in [-0.3, -0.25) is 9.69 Å². The van der Waals surface area contributed by atoms with Crippen molar-refractivity contribution in [3.63, 3.8) is 0 Å². The van der Waals surface area contributed by atoms with Crippen molar-refractivity contribution in [1.82, 2.24) is 10.2 Å². The van der Waals surface area contributed by atoms with E-state index in [0.29, 0.717) is 19.1 Å². The van der Waals surface area contributed by atoms with E-state index < -0.39 is 0 Å². The van der Waals surface area contributed by atoms with Crippen LogP contribution < -0.4 is 5.32 Å². The first-order valence-corrected chi connectivity index (χ1v) is 8.62. The third kappa shape index (κ3) is 5.19. The molecule has 23 heavy (non-hydrogen) atoms. The summed E-state index contributed by atoms with van der Waals surface area (Å²) in [5, 5.41) is 3.14. The fourth-order valence-electron chi connectivity index (χ4n) is 3.31. The molecule has 4 nitrogen and oxygen atoms in total. The monoisotopic (exact) mass is 314 g/mol. The summed E-state index contributed by atoms with van der Waals surface area (Å²) in [5.74, 6) is 0.122. The van der Waals surface area contributed by atoms with E-state index >= 15 is 0 Å². The Bertz CT molecular complexity index is 529. The molecule has 124 valence electrons. The molecule has 4 heteroatoms. The van der Waals surface area contributed by atoms with Gasteiger partial charge in [-0.05, 0) is 24.8 Å². The molecule has 2 atom stereocenters. The summed E-state index contributed by atoms with van der Waals surface area (Å²) in [6.45, 7) is 3.39. The molecule has 1 amide bonds. The number of nitrogens with one attached hydrogen (secondary N) is 1. The van der Waals surface area contributed by atoms with Crippen molar-refractivity contribution in [2.75, 3.05) is 19.7 Å². The smallest absolute Gasteiger partial charge is 0.222 e. The normalized spacial score (nSPS) is 25.2. The number of morpholine rings is 1. The van der Waals surface area contributed by atoms with Crippen LogP contribution in [0.1, 0.15) is 31.2 Å². The summed E-state index contributed by atoms with van der Waals surface area (Å²) >= 11 is 0. The summed E-state index contributed by atoms with van der Waals surface area (Å²) in [6.07, 6.45) is 7.89. The van der Waals surface area contributed by atoms with Gasteiger partial charge in [0.2, 0.25) is 5.91 Å². The second kappa shape index (κ2) is 8.27. The van der Waals surface area contributed by atoms with Crippen molar-refractivity contribution in [2.24, 2.45) is 0 Å². The van der Waals surface area contributed by atoms with Crippen molar-refractivity contribution in [2.45, 2.75) is 44.4 Å². The average Bonchev–Trinajstić information content (AvgIpc) is 2.57. The number of carbonyl (C=O) groups is 1. The molecular formula is C19H26N2O2. The minimum absolute atomic E-state index is 0.00611. The van der Waals surface area contributed by atoms with Gasteiger partial charge in [0.15, 0.2) is 0 Å². The van der Waals surface area contributed by atoms with Crippen molar-refractivity contribution >= 4 is 5.91 Å². The Kier molecular flexibility index (Phi) is 5.83. The highest BCUT2D eigenvalue weighted by molar-refractivity contribution is 5.76. The molecule has 3 rings (SSSR count). The maximum atomic E-state index is 12.2. The molecule has 1 heterocycles. The maximum Gasteiger partial charge on any atom is 0.222 e. The molecule has 1 aliphatic carbocycles. The Morgan fingerprint density at radius 1 is 1.26 bits per heavy atom. The Morgan fingerprint density at radius 2 is 2.13 bits per heavy atom. The molecule has 0 saturated carbocycles. The molecule has 1 aliphatic heterocycles. The maximum absolute atomic E-state index is 12.2. The quantitative estimate of drug-likeness (QED) is 0.849. The lowest BCUT2D eigenvalue weighted by Gasteiger charge is -2.33. The number of hydrogen-bond acceptors (Lipinski definition) is 3. The van der Waals surface area contributed by atoms with Gasteiger partial charge in [0, 0.05) is 25.7 Å². The van der Waals surface area contributed by atoms with Gasteiger partial charge in [0.25, 0.3) is 0 Å². The first-order chi connectivity index (χ1) is 11.3. The number of rotatable bonds is 5. The van der Waals surface area contributed by atoms with Gasteiger partial charge in [-0.25, -0.2) is 0 Å². The summed E-state index contributed by atoms with van der Waals surface area (Å²) in [4.78, 5) is 14.6. The predicted molar refractivity (Wildman–Crippen MR) is 91.0 cm³/mol. The van der Waals surface area contributed by atoms with Crippen LogP contribution in [0.25, 0.3) is 0 Å². The molecule has 1 N–H and O–H groups in total. The Morgan fingerprint density at radius 3 is 2.91 bits per heavy atom. The zero-order valence-electron chi connectivity index (χ0n) is 13.6. The van der Waals surface area contributed by atoms with Crippen molar-refractivity contribution < 1.29 is 9.53 Å². The fourth-order valence-corrected chi connectivity index (χ4v) is 3.31. The molecule has 1 saturated heterocycles. The highest BCUT2D eigenvalue weighted by Crippen LogP contribution is 2.14. The number of hydrogen-bond donors (Lipinski definition) is 1. The Hall–Kier alpha value is -1.65. The van der Waals surface area contributed by atoms with Gasteiger partial charge < -0.3 is 10.1 Å². The van der Waals surface area contributed by atoms with E-state index in [2.05, 4.69) is 46.6 Å². The molecule has 0 spiro atoms. The molecule has 1 fully saturated rings. The third-order valence-electron chi connectivity index (χ3n) is 4.52. The van der Waals surface area contributed by atoms with E-state index in [-0.39, 0.29) is 12.0 Å². The molecular weight excluding hydrogens is 288 g/mol. The summed E-state index contributed by atoms with van der Waals surface area (Å²) < 4.78 is 5.79. The van der Waals surface area contributed by atoms with Crippen LogP contribution in [-0.4, -0.2) is 42.6 Å². The summed E-state index contributed by atoms with van der Waals surface area (Å²) in [7, 11) is 0. The van der Waals surface area contributed by atoms with Gasteiger partial charge in [0.1, 0.15) is 0 Å². The van der Waals surface area contributed by atoms with Crippen molar-refractivity contribution in [1.29, 1.82) is 0 Å². The second-order valence-electron chi connectivity index (χ2n) is 6.47. The van der Waals surface area contributed by atoms with Crippen LogP contribution in [0.2, 0.25) is 0 Å². The molecule has 0 aromatic heterocycles. The third-order valence-corrected chi connectivity index (χ3v) is 4.52. The largest absolute Gasteiger partial charge is 0.375 e. The molecule has 0 radical (unpaired) electrons. The van der Waals surface area contributed by atoms with Crippen LogP contribution in [0.5, 0.6) is 0 Å². The summed E-state index contributed by atoms with van der Waals surface area (Å²) in [5.41, 5.74) is 1.31. The highest BCUT2D eigenvalue weighted by Gasteiger charge is 2.24. The van der Waals surface area contributed by atoms with Crippen LogP contribution in [-0.2, 0) is 16.1 Å². The zero-order valence-corrected chi connectivity index (χ0v) is 13.6. The van der Waals surface area contributed by atoms with E-state index in [9.17, 15) is 4.79 Å². The number of allylic oxidation sites excluding steroid dienone is 1. The van der Waals surface area contributed by atoms with E-state index in [1.807, 2.05) is 6.07 Å². The number of nitrogens with zero attached hydrogens (tertiary/aromatic N) is 1. The standard InChI is InChI=1S/C19H26N2O2/c22-19(20-17-9-5-2-6-10-17)13-18-15-21(11-12-23-18)14-16-7-3-1-4-8-16/h1-5,7-8,17-18H,6,9-15H2,(H,20,22). The molecule has 2 unspecified atom stereocenters. The van der Waals surface area contributed by atoms with Crippen LogP contribution >= 0.6 is 0 Å². The second-order valence-corrected chi connectivity index (χ2v) is 6.47. The number of carbonyl (C=O) groups excluding carboxylic acids is 1. The van der Waals surface area contributed by atoms with Gasteiger partial charge in [-0.15, -0.1) is 0 Å². The average molecular weight is 314 g/mol. The lowest BCUT2D eigenvalue weighted by atomic mass is 10.0. The van der Waals surface area contributed by atoms with E-state index in [4.69, 9.17) is 4.74 Å². The molecule has 1 aromatic rings. The first kappa shape index (κ1) is 16.2. The van der Waals surface area contributed by atoms with Gasteiger partial charge in [0.05, 0.1) is 19.1 Å². The lowest BCUT2D eigenvalue weighted by molar-refractivity contribution is -0.126. The molecule has 2 aliphatic rings. The minimum Gasteiger partial charge on any atom is -0.375 e. The van der Waals surface area contributed by atoms with Crippen molar-refractivity contribution in [3.8, 4) is 0 Å². The Balaban J connectivity index is 1.44. The first-order valence-electron chi connectivity index (χ1n) is 8.62. The minimum atomic E-state index is 0.00611. The van der Waals surface area contributed by atoms with Crippen LogP contribution in [0, 0.1) is 0 Å². The van der Waals surface area contributed by atoms with Crippen LogP contribution in [0.3, 0.4) is 0 Å². The number of amides is 1. The summed E-state index contributed by atoms with van der Waals surface area (Å²) in [6, 6.07) is 10.8. The van der Waals surface area contributed by atoms with Crippen molar-refractivity contribution in [3.05, 3.63) is 48.0 Å². The number of benzene rings is 1. The highest BCUT2D eigenvalue weighted by atomic mass is 16.5. The Labute approximate surface area is 138 Å². The van der Waals surface area contributed by atoms with E-state index in [0.717, 1.165) is 38.9 Å². The van der Waals surface area contributed by atoms with Crippen LogP contribution in [0.15, 0.2) is 42.5 Å². The van der Waals surface area contributed by atoms with E-state index in [1.165, 1.54) is 5.56 Å². The SMILES string of the molecule is O=C(CC1CN(Cc2ccccc2)CCO1)NC1CC=CCC1. The predicted octanol–water partition coefficient (Wildman–Crippen LogP) is 2.50. The topological polar surface area (TPSA) is 41.6 Å². The number of ether oxygens (including phenoxy) is 1. The van der Waals surface area contributed by atoms with Gasteiger partial charge in [-0.1, -0.05) is 42.5 Å².